The number of hydrogen-bond donors (Lipinski definition) is 1. The van der Waals surface area contributed by atoms with Gasteiger partial charge in [-0.3, -0.25) is 0 Å². The fourth-order valence-electron chi connectivity index (χ4n) is 0.348. The van der Waals surface area contributed by atoms with E-state index in [9.17, 15) is 27.2 Å². The molecule has 0 aromatic carbocycles. The molecule has 0 unspecified atom stereocenters. The van der Waals surface area contributed by atoms with Gasteiger partial charge in [0.05, 0.1) is 0 Å². The Kier molecular flexibility index (Phi) is 8.49. The molecule has 0 bridgehead atoms. The first kappa shape index (κ1) is 18.5. The predicted octanol–water partition coefficient (Wildman–Crippen LogP) is 2.26. The summed E-state index contributed by atoms with van der Waals surface area (Å²) in [6.07, 6.45) is -3.01. The molecule has 0 aliphatic rings. The van der Waals surface area contributed by atoms with Crippen molar-refractivity contribution in [2.45, 2.75) is 19.3 Å². The van der Waals surface area contributed by atoms with Gasteiger partial charge in [0.15, 0.2) is 6.61 Å². The van der Waals surface area contributed by atoms with Crippen LogP contribution in [0, 0.1) is 0 Å². The summed E-state index contributed by atoms with van der Waals surface area (Å²) < 4.78 is 51.1. The van der Waals surface area contributed by atoms with E-state index in [1.54, 1.807) is 0 Å². The van der Waals surface area contributed by atoms with Gasteiger partial charge in [-0.1, -0.05) is 13.2 Å². The third-order valence-corrected chi connectivity index (χ3v) is 1.24. The average molecular weight is 272 g/mol. The minimum atomic E-state index is -4.30. The summed E-state index contributed by atoms with van der Waals surface area (Å²) in [5.41, 5.74) is -0.120. The Bertz CT molecular complexity index is 326. The van der Waals surface area contributed by atoms with Crippen LogP contribution in [0.5, 0.6) is 0 Å². The van der Waals surface area contributed by atoms with Crippen molar-refractivity contribution in [1.82, 2.24) is 0 Å². The molecule has 0 aliphatic heterocycles. The molecule has 4 nitrogen and oxygen atoms in total. The maximum atomic E-state index is 12.1. The number of hydrogen-bond acceptors (Lipinski definition) is 3. The zero-order valence-corrected chi connectivity index (χ0v) is 9.46. The molecule has 0 amide bonds. The monoisotopic (exact) mass is 272 g/mol. The van der Waals surface area contributed by atoms with Gasteiger partial charge < -0.3 is 9.84 Å². The van der Waals surface area contributed by atoms with Gasteiger partial charge in [0.25, 0.3) is 0 Å². The Hall–Kier alpha value is -1.86. The van der Waals surface area contributed by atoms with Gasteiger partial charge in [-0.2, -0.15) is 8.78 Å². The molecule has 0 atom stereocenters. The summed E-state index contributed by atoms with van der Waals surface area (Å²) in [5.74, 6) is -6.39. The number of esters is 1. The second-order valence-corrected chi connectivity index (χ2v) is 2.96. The van der Waals surface area contributed by atoms with Gasteiger partial charge in [-0.15, -0.1) is 0 Å². The van der Waals surface area contributed by atoms with E-state index in [1.165, 1.54) is 6.92 Å². The van der Waals surface area contributed by atoms with Crippen molar-refractivity contribution in [3.05, 3.63) is 24.8 Å². The van der Waals surface area contributed by atoms with Crippen LogP contribution < -0.4 is 0 Å². The summed E-state index contributed by atoms with van der Waals surface area (Å²) in [4.78, 5) is 19.8. The highest BCUT2D eigenvalue weighted by Gasteiger charge is 2.42. The molecule has 0 aromatic rings. The molecule has 0 aromatic heterocycles. The lowest BCUT2D eigenvalue weighted by molar-refractivity contribution is -0.176. The van der Waals surface area contributed by atoms with Crippen LogP contribution in [0.1, 0.15) is 6.92 Å². The molecule has 0 saturated carbocycles. The lowest BCUT2D eigenvalue weighted by atomic mass is 10.3. The van der Waals surface area contributed by atoms with Gasteiger partial charge in [-0.25, -0.2) is 18.4 Å². The van der Waals surface area contributed by atoms with E-state index in [0.717, 1.165) is 6.08 Å². The van der Waals surface area contributed by atoms with Crippen LogP contribution in [0.15, 0.2) is 24.8 Å². The number of halogens is 4. The number of carboxylic acid groups (broad SMARTS) is 1. The minimum Gasteiger partial charge on any atom is -0.478 e. The van der Waals surface area contributed by atoms with Crippen LogP contribution in [-0.2, 0) is 14.3 Å². The van der Waals surface area contributed by atoms with Crippen molar-refractivity contribution in [2.75, 3.05) is 6.61 Å². The normalized spacial score (nSPS) is 10.1. The number of alkyl halides is 4. The number of ether oxygens (including phenoxy) is 1. The summed E-state index contributed by atoms with van der Waals surface area (Å²) >= 11 is 0. The van der Waals surface area contributed by atoms with Gasteiger partial charge in [0.2, 0.25) is 0 Å². The minimum absolute atomic E-state index is 0.120. The zero-order chi connectivity index (χ0) is 14.9. The number of rotatable bonds is 5. The summed E-state index contributed by atoms with van der Waals surface area (Å²) in [6.45, 7) is 5.65. The molecular formula is C10H12F4O4. The third kappa shape index (κ3) is 9.37. The van der Waals surface area contributed by atoms with E-state index in [-0.39, 0.29) is 5.57 Å². The average Bonchev–Trinajstić information content (AvgIpc) is 2.26. The fourth-order valence-corrected chi connectivity index (χ4v) is 0.348. The highest BCUT2D eigenvalue weighted by atomic mass is 19.3. The molecule has 0 aliphatic carbocycles. The van der Waals surface area contributed by atoms with E-state index >= 15 is 0 Å². The second kappa shape index (κ2) is 8.26. The Morgan fingerprint density at radius 2 is 1.83 bits per heavy atom. The van der Waals surface area contributed by atoms with Crippen LogP contribution in [-0.4, -0.2) is 36.0 Å². The van der Waals surface area contributed by atoms with E-state index in [1.807, 2.05) is 0 Å². The first-order chi connectivity index (χ1) is 8.04. The lowest BCUT2D eigenvalue weighted by Gasteiger charge is -2.14. The second-order valence-electron chi connectivity index (χ2n) is 2.96. The SMILES string of the molecule is C=C(C)C(=O)OCC(F)(F)C(F)F.C=CC(=O)O. The molecule has 0 spiro atoms. The Morgan fingerprint density at radius 3 is 2.06 bits per heavy atom. The highest BCUT2D eigenvalue weighted by Crippen LogP contribution is 2.23. The molecule has 1 N–H and O–H groups in total. The van der Waals surface area contributed by atoms with E-state index < -0.39 is 30.9 Å². The van der Waals surface area contributed by atoms with Crippen LogP contribution in [0.25, 0.3) is 0 Å². The molecule has 0 rings (SSSR count). The van der Waals surface area contributed by atoms with E-state index in [0.29, 0.717) is 0 Å². The van der Waals surface area contributed by atoms with E-state index in [2.05, 4.69) is 17.9 Å². The summed E-state index contributed by atoms with van der Waals surface area (Å²) in [7, 11) is 0. The predicted molar refractivity (Wildman–Crippen MR) is 54.6 cm³/mol. The van der Waals surface area contributed by atoms with Crippen molar-refractivity contribution in [3.8, 4) is 0 Å². The molecule has 18 heavy (non-hydrogen) atoms. The summed E-state index contributed by atoms with van der Waals surface area (Å²) in [6, 6.07) is 0. The number of carbonyl (C=O) groups excluding carboxylic acids is 1. The molecule has 0 saturated heterocycles. The van der Waals surface area contributed by atoms with Crippen molar-refractivity contribution >= 4 is 11.9 Å². The quantitative estimate of drug-likeness (QED) is 0.473. The van der Waals surface area contributed by atoms with E-state index in [4.69, 9.17) is 5.11 Å². The largest absolute Gasteiger partial charge is 0.478 e. The van der Waals surface area contributed by atoms with Crippen molar-refractivity contribution in [1.29, 1.82) is 0 Å². The zero-order valence-electron chi connectivity index (χ0n) is 9.46. The highest BCUT2D eigenvalue weighted by molar-refractivity contribution is 5.86. The smallest absolute Gasteiger partial charge is 0.340 e. The molecule has 0 fully saturated rings. The van der Waals surface area contributed by atoms with Crippen LogP contribution in [0.2, 0.25) is 0 Å². The number of carboxylic acids is 1. The molecular weight excluding hydrogens is 260 g/mol. The molecule has 104 valence electrons. The number of carbonyl (C=O) groups is 2. The van der Waals surface area contributed by atoms with Gasteiger partial charge in [0, 0.05) is 11.6 Å². The Morgan fingerprint density at radius 1 is 1.44 bits per heavy atom. The maximum absolute atomic E-state index is 12.1. The number of aliphatic carboxylic acids is 1. The fraction of sp³-hybridized carbons (Fsp3) is 0.400. The molecule has 0 radical (unpaired) electrons. The van der Waals surface area contributed by atoms with Crippen LogP contribution >= 0.6 is 0 Å². The van der Waals surface area contributed by atoms with Crippen LogP contribution in [0.3, 0.4) is 0 Å². The molecule has 0 heterocycles. The maximum Gasteiger partial charge on any atom is 0.340 e. The van der Waals surface area contributed by atoms with Gasteiger partial charge in [0.1, 0.15) is 0 Å². The topological polar surface area (TPSA) is 63.6 Å². The summed E-state index contributed by atoms with van der Waals surface area (Å²) in [5, 5.41) is 7.60. The first-order valence-electron chi connectivity index (χ1n) is 4.38. The standard InChI is InChI=1S/C7H8F4O2.C3H4O2/c1-4(2)5(12)13-3-7(10,11)6(8)9;1-2-3(4)5/h6H,1,3H2,2H3;2H,1H2,(H,4,5). The third-order valence-electron chi connectivity index (χ3n) is 1.24. The van der Waals surface area contributed by atoms with Crippen molar-refractivity contribution < 1.29 is 37.0 Å². The Labute approximate surface area is 101 Å². The van der Waals surface area contributed by atoms with Gasteiger partial charge >= 0.3 is 24.3 Å². The van der Waals surface area contributed by atoms with Crippen molar-refractivity contribution in [2.24, 2.45) is 0 Å². The molecule has 8 heteroatoms. The Balaban J connectivity index is 0. The first-order valence-corrected chi connectivity index (χ1v) is 4.38. The van der Waals surface area contributed by atoms with Crippen LogP contribution in [0.4, 0.5) is 17.6 Å². The van der Waals surface area contributed by atoms with Gasteiger partial charge in [-0.05, 0) is 6.92 Å². The lowest BCUT2D eigenvalue weighted by Crippen LogP contribution is -2.33. The van der Waals surface area contributed by atoms with Crippen molar-refractivity contribution in [3.63, 3.8) is 0 Å².